The van der Waals surface area contributed by atoms with Gasteiger partial charge in [-0.05, 0) is 30.7 Å². The molecule has 146 valence electrons. The van der Waals surface area contributed by atoms with E-state index in [1.54, 1.807) is 30.1 Å². The molecule has 1 fully saturated rings. The van der Waals surface area contributed by atoms with Crippen molar-refractivity contribution in [3.8, 4) is 11.5 Å². The molecule has 0 bridgehead atoms. The van der Waals surface area contributed by atoms with E-state index in [2.05, 4.69) is 20.3 Å². The zero-order valence-electron chi connectivity index (χ0n) is 15.0. The minimum Gasteiger partial charge on any atom is -0.346 e. The average Bonchev–Trinajstić information content (AvgIpc) is 3.33. The van der Waals surface area contributed by atoms with Crippen LogP contribution in [0.2, 0.25) is 0 Å². The predicted octanol–water partition coefficient (Wildman–Crippen LogP) is 1.49. The number of imidazole rings is 2. The van der Waals surface area contributed by atoms with Crippen molar-refractivity contribution in [2.45, 2.75) is 19.0 Å². The second-order valence-corrected chi connectivity index (χ2v) is 8.96. The number of carbonyl (C=O) groups excluding carboxylic acids is 1. The van der Waals surface area contributed by atoms with E-state index in [0.29, 0.717) is 22.6 Å². The highest BCUT2D eigenvalue weighted by atomic mass is 32.2. The molecule has 0 spiro atoms. The Labute approximate surface area is 160 Å². The number of H-pyrrole nitrogens is 1. The summed E-state index contributed by atoms with van der Waals surface area (Å²) in [5, 5.41) is 2.81. The first-order chi connectivity index (χ1) is 13.3. The zero-order chi connectivity index (χ0) is 19.9. The summed E-state index contributed by atoms with van der Waals surface area (Å²) >= 11 is 0. The summed E-state index contributed by atoms with van der Waals surface area (Å²) in [5.74, 6) is -0.621. The Bertz CT molecular complexity index is 1120. The standard InChI is InChI=1S/C18H18FN5O3S/c1-11-6-12(19)2-3-13(11)18(25)23-15-8-28(26,27)9-16(15)24-5-4-21-17(24)14-7-20-10-22-14/h2-7,10,15-16H,8-9H2,1H3,(H,20,22)(H,23,25)/t15-,16-/m1/s1. The Hall–Kier alpha value is -3.01. The molecule has 2 atom stereocenters. The largest absolute Gasteiger partial charge is 0.346 e. The molecule has 0 radical (unpaired) electrons. The van der Waals surface area contributed by atoms with Gasteiger partial charge in [-0.25, -0.2) is 22.8 Å². The van der Waals surface area contributed by atoms with Crippen LogP contribution >= 0.6 is 0 Å². The van der Waals surface area contributed by atoms with Crippen LogP contribution in [0.15, 0.2) is 43.1 Å². The minimum absolute atomic E-state index is 0.113. The van der Waals surface area contributed by atoms with Crippen molar-refractivity contribution >= 4 is 15.7 Å². The van der Waals surface area contributed by atoms with Gasteiger partial charge < -0.3 is 14.9 Å². The first-order valence-electron chi connectivity index (χ1n) is 8.63. The molecule has 3 heterocycles. The van der Waals surface area contributed by atoms with E-state index >= 15 is 0 Å². The van der Waals surface area contributed by atoms with Gasteiger partial charge >= 0.3 is 0 Å². The third kappa shape index (κ3) is 3.42. The number of halogens is 1. The van der Waals surface area contributed by atoms with Gasteiger partial charge in [-0.15, -0.1) is 0 Å². The molecule has 0 unspecified atom stereocenters. The fourth-order valence-electron chi connectivity index (χ4n) is 3.54. The normalized spacial score (nSPS) is 20.9. The number of aromatic nitrogens is 4. The van der Waals surface area contributed by atoms with Crippen LogP contribution in [-0.2, 0) is 9.84 Å². The lowest BCUT2D eigenvalue weighted by atomic mass is 10.1. The smallest absolute Gasteiger partial charge is 0.251 e. The van der Waals surface area contributed by atoms with Crippen LogP contribution in [0.25, 0.3) is 11.5 Å². The maximum atomic E-state index is 13.3. The molecule has 1 amide bonds. The number of benzene rings is 1. The second kappa shape index (κ2) is 6.86. The number of rotatable bonds is 4. The van der Waals surface area contributed by atoms with Crippen LogP contribution in [0.1, 0.15) is 22.0 Å². The number of carbonyl (C=O) groups is 1. The monoisotopic (exact) mass is 403 g/mol. The van der Waals surface area contributed by atoms with Gasteiger partial charge in [-0.3, -0.25) is 4.79 Å². The van der Waals surface area contributed by atoms with E-state index in [1.807, 2.05) is 0 Å². The van der Waals surface area contributed by atoms with Crippen molar-refractivity contribution in [1.29, 1.82) is 0 Å². The molecule has 1 aliphatic heterocycles. The van der Waals surface area contributed by atoms with Gasteiger partial charge in [0.25, 0.3) is 5.91 Å². The lowest BCUT2D eigenvalue weighted by molar-refractivity contribution is 0.0932. The summed E-state index contributed by atoms with van der Waals surface area (Å²) in [7, 11) is -3.35. The molecule has 3 aromatic rings. The Balaban J connectivity index is 1.65. The van der Waals surface area contributed by atoms with E-state index in [-0.39, 0.29) is 11.5 Å². The summed E-state index contributed by atoms with van der Waals surface area (Å²) in [5.41, 5.74) is 1.44. The quantitative estimate of drug-likeness (QED) is 0.686. The zero-order valence-corrected chi connectivity index (χ0v) is 15.8. The van der Waals surface area contributed by atoms with Gasteiger partial charge in [0.15, 0.2) is 15.7 Å². The van der Waals surface area contributed by atoms with Gasteiger partial charge in [-0.1, -0.05) is 0 Å². The van der Waals surface area contributed by atoms with Gasteiger partial charge in [0.2, 0.25) is 0 Å². The lowest BCUT2D eigenvalue weighted by Crippen LogP contribution is -2.41. The van der Waals surface area contributed by atoms with Gasteiger partial charge in [0.05, 0.1) is 36.1 Å². The number of hydrogen-bond acceptors (Lipinski definition) is 5. The molecular weight excluding hydrogens is 385 g/mol. The van der Waals surface area contributed by atoms with Gasteiger partial charge in [0, 0.05) is 18.0 Å². The highest BCUT2D eigenvalue weighted by Crippen LogP contribution is 2.29. The van der Waals surface area contributed by atoms with E-state index in [1.165, 1.54) is 24.5 Å². The number of nitrogens with one attached hydrogen (secondary N) is 2. The fraction of sp³-hybridized carbons (Fsp3) is 0.278. The summed E-state index contributed by atoms with van der Waals surface area (Å²) in [4.78, 5) is 23.9. The molecule has 2 N–H and O–H groups in total. The minimum atomic E-state index is -3.35. The SMILES string of the molecule is Cc1cc(F)ccc1C(=O)N[C@@H]1CS(=O)(=O)C[C@H]1n1ccnc1-c1cnc[nH]1. The van der Waals surface area contributed by atoms with Crippen molar-refractivity contribution in [3.63, 3.8) is 0 Å². The summed E-state index contributed by atoms with van der Waals surface area (Å²) in [6.45, 7) is 1.63. The summed E-state index contributed by atoms with van der Waals surface area (Å²) in [6.07, 6.45) is 6.36. The molecule has 10 heteroatoms. The van der Waals surface area contributed by atoms with Gasteiger partial charge in [0.1, 0.15) is 11.5 Å². The molecule has 0 aliphatic carbocycles. The predicted molar refractivity (Wildman–Crippen MR) is 99.9 cm³/mol. The van der Waals surface area contributed by atoms with Crippen molar-refractivity contribution < 1.29 is 17.6 Å². The Kier molecular flexibility index (Phi) is 4.50. The Morgan fingerprint density at radius 2 is 2.18 bits per heavy atom. The molecule has 8 nitrogen and oxygen atoms in total. The van der Waals surface area contributed by atoms with Crippen LogP contribution in [-0.4, -0.2) is 51.4 Å². The van der Waals surface area contributed by atoms with Crippen LogP contribution < -0.4 is 5.32 Å². The number of aryl methyl sites for hydroxylation is 1. The van der Waals surface area contributed by atoms with Crippen LogP contribution in [0.5, 0.6) is 0 Å². The number of aromatic amines is 1. The average molecular weight is 403 g/mol. The van der Waals surface area contributed by atoms with Crippen molar-refractivity contribution in [3.05, 3.63) is 60.1 Å². The van der Waals surface area contributed by atoms with Crippen molar-refractivity contribution in [2.24, 2.45) is 0 Å². The first-order valence-corrected chi connectivity index (χ1v) is 10.5. The Morgan fingerprint density at radius 3 is 2.89 bits per heavy atom. The summed E-state index contributed by atoms with van der Waals surface area (Å²) in [6, 6.07) is 2.71. The van der Waals surface area contributed by atoms with E-state index < -0.39 is 33.6 Å². The molecule has 1 aromatic carbocycles. The molecule has 1 aliphatic rings. The number of nitrogens with zero attached hydrogens (tertiary/aromatic N) is 3. The summed E-state index contributed by atoms with van der Waals surface area (Å²) < 4.78 is 39.7. The maximum Gasteiger partial charge on any atom is 0.251 e. The fourth-order valence-corrected chi connectivity index (χ4v) is 5.44. The topological polar surface area (TPSA) is 110 Å². The number of hydrogen-bond donors (Lipinski definition) is 2. The van der Waals surface area contributed by atoms with E-state index in [4.69, 9.17) is 0 Å². The molecule has 28 heavy (non-hydrogen) atoms. The van der Waals surface area contributed by atoms with Crippen LogP contribution in [0.3, 0.4) is 0 Å². The number of amides is 1. The molecular formula is C18H18FN5O3S. The highest BCUT2D eigenvalue weighted by Gasteiger charge is 2.40. The first kappa shape index (κ1) is 18.4. The second-order valence-electron chi connectivity index (χ2n) is 6.81. The molecule has 0 saturated carbocycles. The maximum absolute atomic E-state index is 13.3. The van der Waals surface area contributed by atoms with Crippen molar-refractivity contribution in [2.75, 3.05) is 11.5 Å². The van der Waals surface area contributed by atoms with Crippen molar-refractivity contribution in [1.82, 2.24) is 24.8 Å². The van der Waals surface area contributed by atoms with Crippen LogP contribution in [0, 0.1) is 12.7 Å². The van der Waals surface area contributed by atoms with E-state index in [0.717, 1.165) is 0 Å². The molecule has 1 saturated heterocycles. The molecule has 2 aromatic heterocycles. The van der Waals surface area contributed by atoms with E-state index in [9.17, 15) is 17.6 Å². The lowest BCUT2D eigenvalue weighted by Gasteiger charge is -2.22. The molecule has 4 rings (SSSR count). The number of sulfone groups is 1. The Morgan fingerprint density at radius 1 is 1.36 bits per heavy atom. The highest BCUT2D eigenvalue weighted by molar-refractivity contribution is 7.91. The van der Waals surface area contributed by atoms with Gasteiger partial charge in [-0.2, -0.15) is 0 Å². The third-order valence-electron chi connectivity index (χ3n) is 4.84. The third-order valence-corrected chi connectivity index (χ3v) is 6.55. The van der Waals surface area contributed by atoms with Crippen LogP contribution in [0.4, 0.5) is 4.39 Å².